The highest BCUT2D eigenvalue weighted by molar-refractivity contribution is 7.86. The Hall–Kier alpha value is -3.06. The highest BCUT2D eigenvalue weighted by Gasteiger charge is 2.16. The third-order valence-electron chi connectivity index (χ3n) is 4.72. The molecule has 6 nitrogen and oxygen atoms in total. The van der Waals surface area contributed by atoms with Crippen molar-refractivity contribution in [2.24, 2.45) is 0 Å². The molecule has 0 aliphatic carbocycles. The second kappa shape index (κ2) is 7.40. The third kappa shape index (κ3) is 3.91. The lowest BCUT2D eigenvalue weighted by Crippen LogP contribution is -2.12. The minimum Gasteiger partial charge on any atom is -0.285 e. The van der Waals surface area contributed by atoms with E-state index >= 15 is 0 Å². The van der Waals surface area contributed by atoms with E-state index in [2.05, 4.69) is 40.8 Å². The number of hydrogen-bond donors (Lipinski definition) is 1. The van der Waals surface area contributed by atoms with Gasteiger partial charge in [0.2, 0.25) is 0 Å². The van der Waals surface area contributed by atoms with E-state index in [0.29, 0.717) is 10.7 Å². The van der Waals surface area contributed by atoms with E-state index in [9.17, 15) is 4.21 Å². The summed E-state index contributed by atoms with van der Waals surface area (Å²) in [6.07, 6.45) is 1.67. The molecule has 0 radical (unpaired) electrons. The number of aromatic nitrogens is 4. The molecule has 1 N–H and O–H groups in total. The quantitative estimate of drug-likeness (QED) is 0.540. The summed E-state index contributed by atoms with van der Waals surface area (Å²) in [6.45, 7) is 8.38. The van der Waals surface area contributed by atoms with E-state index in [4.69, 9.17) is 0 Å². The van der Waals surface area contributed by atoms with Gasteiger partial charge in [-0.1, -0.05) is 51.1 Å². The number of benzene rings is 2. The van der Waals surface area contributed by atoms with Crippen molar-refractivity contribution in [1.82, 2.24) is 20.0 Å². The standard InChI is InChI=1S/C22H23N5OS/c1-15-13-21(26-29(28)17-11-9-16(10-12-17)22(2,3)4)27(25-15)20-14-23-24-19-8-6-5-7-18(19)20/h5-14,26H,1-4H3. The van der Waals surface area contributed by atoms with Crippen LogP contribution < -0.4 is 4.72 Å². The molecule has 0 saturated heterocycles. The van der Waals surface area contributed by atoms with Crippen molar-refractivity contribution < 1.29 is 4.21 Å². The molecular weight excluding hydrogens is 382 g/mol. The van der Waals surface area contributed by atoms with Gasteiger partial charge in [-0.05, 0) is 36.1 Å². The average molecular weight is 406 g/mol. The van der Waals surface area contributed by atoms with Crippen LogP contribution >= 0.6 is 0 Å². The highest BCUT2D eigenvalue weighted by atomic mass is 32.2. The zero-order chi connectivity index (χ0) is 20.6. The van der Waals surface area contributed by atoms with Gasteiger partial charge in [0.25, 0.3) is 0 Å². The Labute approximate surface area is 172 Å². The van der Waals surface area contributed by atoms with Gasteiger partial charge in [-0.2, -0.15) is 15.3 Å². The van der Waals surface area contributed by atoms with Gasteiger partial charge in [0.15, 0.2) is 11.0 Å². The van der Waals surface area contributed by atoms with Crippen molar-refractivity contribution in [1.29, 1.82) is 0 Å². The van der Waals surface area contributed by atoms with Crippen LogP contribution in [0.25, 0.3) is 16.6 Å². The third-order valence-corrected chi connectivity index (χ3v) is 5.81. The lowest BCUT2D eigenvalue weighted by Gasteiger charge is -2.19. The highest BCUT2D eigenvalue weighted by Crippen LogP contribution is 2.26. The zero-order valence-corrected chi connectivity index (χ0v) is 17.7. The van der Waals surface area contributed by atoms with E-state index in [0.717, 1.165) is 22.3 Å². The fraction of sp³-hybridized carbons (Fsp3) is 0.227. The Morgan fingerprint density at radius 2 is 1.76 bits per heavy atom. The van der Waals surface area contributed by atoms with Crippen LogP contribution in [0.4, 0.5) is 5.82 Å². The summed E-state index contributed by atoms with van der Waals surface area (Å²) < 4.78 is 17.8. The van der Waals surface area contributed by atoms with Crippen LogP contribution in [0.5, 0.6) is 0 Å². The molecule has 2 aromatic heterocycles. The summed E-state index contributed by atoms with van der Waals surface area (Å²) >= 11 is 0. The summed E-state index contributed by atoms with van der Waals surface area (Å²) in [5.41, 5.74) is 3.63. The minimum absolute atomic E-state index is 0.0542. The molecule has 4 rings (SSSR count). The topological polar surface area (TPSA) is 72.7 Å². The van der Waals surface area contributed by atoms with Gasteiger partial charge in [0.05, 0.1) is 28.0 Å². The van der Waals surface area contributed by atoms with E-state index in [1.165, 1.54) is 5.56 Å². The van der Waals surface area contributed by atoms with Gasteiger partial charge in [-0.25, -0.2) is 8.89 Å². The number of rotatable bonds is 4. The maximum atomic E-state index is 13.0. The van der Waals surface area contributed by atoms with Crippen LogP contribution in [0.15, 0.2) is 65.7 Å². The average Bonchev–Trinajstić information content (AvgIpc) is 3.06. The maximum Gasteiger partial charge on any atom is 0.151 e. The summed E-state index contributed by atoms with van der Waals surface area (Å²) in [5.74, 6) is 0.638. The van der Waals surface area contributed by atoms with Crippen LogP contribution in [0.1, 0.15) is 32.0 Å². The zero-order valence-electron chi connectivity index (χ0n) is 16.9. The molecule has 0 spiro atoms. The molecule has 1 unspecified atom stereocenters. The fourth-order valence-electron chi connectivity index (χ4n) is 3.15. The molecule has 0 aliphatic rings. The number of nitrogens with one attached hydrogen (secondary N) is 1. The number of anilines is 1. The molecular formula is C22H23N5OS. The van der Waals surface area contributed by atoms with Crippen LogP contribution in [-0.4, -0.2) is 24.2 Å². The van der Waals surface area contributed by atoms with Crippen molar-refractivity contribution in [2.75, 3.05) is 4.72 Å². The molecule has 29 heavy (non-hydrogen) atoms. The molecule has 2 aromatic carbocycles. The Balaban J connectivity index is 1.68. The van der Waals surface area contributed by atoms with Crippen molar-refractivity contribution in [2.45, 2.75) is 38.0 Å². The van der Waals surface area contributed by atoms with Gasteiger partial charge >= 0.3 is 0 Å². The van der Waals surface area contributed by atoms with Crippen molar-refractivity contribution in [3.05, 3.63) is 72.1 Å². The predicted octanol–water partition coefficient (Wildman–Crippen LogP) is 4.56. The first-order valence-electron chi connectivity index (χ1n) is 9.39. The van der Waals surface area contributed by atoms with E-state index in [1.54, 1.807) is 10.9 Å². The van der Waals surface area contributed by atoms with Crippen LogP contribution in [0.2, 0.25) is 0 Å². The second-order valence-electron chi connectivity index (χ2n) is 7.97. The first-order chi connectivity index (χ1) is 13.8. The van der Waals surface area contributed by atoms with Crippen LogP contribution in [0, 0.1) is 6.92 Å². The Bertz CT molecular complexity index is 1190. The van der Waals surface area contributed by atoms with E-state index < -0.39 is 11.0 Å². The molecule has 148 valence electrons. The SMILES string of the molecule is Cc1cc(NS(=O)c2ccc(C(C)(C)C)cc2)n(-c2cnnc3ccccc23)n1. The molecule has 7 heteroatoms. The first-order valence-corrected chi connectivity index (χ1v) is 10.5. The van der Waals surface area contributed by atoms with Crippen molar-refractivity contribution in [3.8, 4) is 5.69 Å². The fourth-order valence-corrected chi connectivity index (χ4v) is 3.99. The summed E-state index contributed by atoms with van der Waals surface area (Å²) in [4.78, 5) is 0.709. The molecule has 0 bridgehead atoms. The van der Waals surface area contributed by atoms with E-state index in [1.807, 2.05) is 61.5 Å². The summed E-state index contributed by atoms with van der Waals surface area (Å²) in [7, 11) is -1.42. The van der Waals surface area contributed by atoms with Crippen molar-refractivity contribution in [3.63, 3.8) is 0 Å². The smallest absolute Gasteiger partial charge is 0.151 e. The monoisotopic (exact) mass is 405 g/mol. The largest absolute Gasteiger partial charge is 0.285 e. The molecule has 4 aromatic rings. The minimum atomic E-state index is -1.42. The number of hydrogen-bond acceptors (Lipinski definition) is 4. The molecule has 2 heterocycles. The molecule has 0 saturated carbocycles. The normalized spacial score (nSPS) is 12.8. The Morgan fingerprint density at radius 3 is 2.48 bits per heavy atom. The van der Waals surface area contributed by atoms with Gasteiger partial charge in [0.1, 0.15) is 5.82 Å². The molecule has 0 amide bonds. The number of aryl methyl sites for hydroxylation is 1. The Morgan fingerprint density at radius 1 is 1.03 bits per heavy atom. The lowest BCUT2D eigenvalue weighted by molar-refractivity contribution is 0.589. The second-order valence-corrected chi connectivity index (χ2v) is 9.19. The van der Waals surface area contributed by atoms with Gasteiger partial charge < -0.3 is 0 Å². The van der Waals surface area contributed by atoms with E-state index in [-0.39, 0.29) is 5.41 Å². The predicted molar refractivity (Wildman–Crippen MR) is 117 cm³/mol. The molecule has 0 aliphatic heterocycles. The van der Waals surface area contributed by atoms with Crippen LogP contribution in [0.3, 0.4) is 0 Å². The van der Waals surface area contributed by atoms with Gasteiger partial charge in [-0.3, -0.25) is 4.72 Å². The van der Waals surface area contributed by atoms with Gasteiger partial charge in [0, 0.05) is 11.5 Å². The maximum absolute atomic E-state index is 13.0. The lowest BCUT2D eigenvalue weighted by atomic mass is 9.87. The number of fused-ring (bicyclic) bond motifs is 1. The number of nitrogens with zero attached hydrogens (tertiary/aromatic N) is 4. The van der Waals surface area contributed by atoms with Gasteiger partial charge in [-0.15, -0.1) is 0 Å². The first kappa shape index (κ1) is 19.3. The molecule has 1 atom stereocenters. The molecule has 0 fully saturated rings. The summed E-state index contributed by atoms with van der Waals surface area (Å²) in [6, 6.07) is 17.5. The Kier molecular flexibility index (Phi) is 4.92. The van der Waals surface area contributed by atoms with Crippen molar-refractivity contribution >= 4 is 27.7 Å². The van der Waals surface area contributed by atoms with Crippen LogP contribution in [-0.2, 0) is 16.4 Å². The summed E-state index contributed by atoms with van der Waals surface area (Å²) in [5, 5.41) is 13.8.